The van der Waals surface area contributed by atoms with Gasteiger partial charge in [0.1, 0.15) is 12.4 Å². The van der Waals surface area contributed by atoms with Gasteiger partial charge in [-0.05, 0) is 54.8 Å². The van der Waals surface area contributed by atoms with Gasteiger partial charge in [-0.1, -0.05) is 13.8 Å². The van der Waals surface area contributed by atoms with Crippen molar-refractivity contribution in [2.45, 2.75) is 39.3 Å². The topological polar surface area (TPSA) is 88.5 Å². The van der Waals surface area contributed by atoms with Crippen LogP contribution in [-0.2, 0) is 11.4 Å². The van der Waals surface area contributed by atoms with Gasteiger partial charge >= 0.3 is 5.97 Å². The van der Waals surface area contributed by atoms with E-state index in [1.54, 1.807) is 43.6 Å². The molecule has 26 heavy (non-hydrogen) atoms. The van der Waals surface area contributed by atoms with Crippen molar-refractivity contribution in [1.82, 2.24) is 10.3 Å². The van der Waals surface area contributed by atoms with Crippen molar-refractivity contribution in [1.29, 1.82) is 0 Å². The molecule has 0 radical (unpaired) electrons. The molecule has 0 aliphatic heterocycles. The normalized spacial score (nSPS) is 13.1. The largest absolute Gasteiger partial charge is 0.489 e. The van der Waals surface area contributed by atoms with Crippen molar-refractivity contribution in [3.63, 3.8) is 0 Å². The van der Waals surface area contributed by atoms with E-state index in [-0.39, 0.29) is 18.2 Å². The first-order valence-electron chi connectivity index (χ1n) is 8.46. The molecule has 1 aromatic carbocycles. The number of nitrogens with zero attached hydrogens (tertiary/aromatic N) is 1. The summed E-state index contributed by atoms with van der Waals surface area (Å²) in [4.78, 5) is 27.5. The SMILES string of the molecule is CC(C)C(C)(CC(=O)O)NC(=O)c1ccc(OCc2ccncc2)cc1. The molecule has 0 aliphatic rings. The molecule has 2 rings (SSSR count). The Morgan fingerprint density at radius 2 is 1.77 bits per heavy atom. The highest BCUT2D eigenvalue weighted by Gasteiger charge is 2.33. The molecular weight excluding hydrogens is 332 g/mol. The molecule has 1 unspecified atom stereocenters. The van der Waals surface area contributed by atoms with E-state index in [1.807, 2.05) is 26.0 Å². The third-order valence-corrected chi connectivity index (χ3v) is 4.46. The van der Waals surface area contributed by atoms with Crippen molar-refractivity contribution in [3.05, 3.63) is 59.9 Å². The molecule has 1 atom stereocenters. The number of aliphatic carboxylic acids is 1. The minimum atomic E-state index is -0.943. The average molecular weight is 356 g/mol. The van der Waals surface area contributed by atoms with Crippen LogP contribution >= 0.6 is 0 Å². The Morgan fingerprint density at radius 3 is 2.31 bits per heavy atom. The van der Waals surface area contributed by atoms with E-state index in [1.165, 1.54) is 0 Å². The van der Waals surface area contributed by atoms with Crippen LogP contribution in [0.2, 0.25) is 0 Å². The molecule has 1 heterocycles. The van der Waals surface area contributed by atoms with Crippen LogP contribution in [0.5, 0.6) is 5.75 Å². The predicted octanol–water partition coefficient (Wildman–Crippen LogP) is 3.28. The Morgan fingerprint density at radius 1 is 1.15 bits per heavy atom. The Labute approximate surface area is 153 Å². The maximum absolute atomic E-state index is 12.5. The second-order valence-electron chi connectivity index (χ2n) is 6.77. The molecule has 6 heteroatoms. The number of nitrogens with one attached hydrogen (secondary N) is 1. The van der Waals surface area contributed by atoms with E-state index >= 15 is 0 Å². The highest BCUT2D eigenvalue weighted by molar-refractivity contribution is 5.95. The summed E-state index contributed by atoms with van der Waals surface area (Å²) < 4.78 is 5.68. The predicted molar refractivity (Wildman–Crippen MR) is 98.0 cm³/mol. The van der Waals surface area contributed by atoms with E-state index in [9.17, 15) is 9.59 Å². The van der Waals surface area contributed by atoms with Gasteiger partial charge in [-0.3, -0.25) is 14.6 Å². The number of hydrogen-bond acceptors (Lipinski definition) is 4. The Bertz CT molecular complexity index is 744. The van der Waals surface area contributed by atoms with E-state index in [0.717, 1.165) is 5.56 Å². The van der Waals surface area contributed by atoms with Gasteiger partial charge in [0.15, 0.2) is 0 Å². The van der Waals surface area contributed by atoms with Gasteiger partial charge in [0.25, 0.3) is 5.91 Å². The van der Waals surface area contributed by atoms with Crippen LogP contribution in [0.15, 0.2) is 48.8 Å². The van der Waals surface area contributed by atoms with Crippen molar-refractivity contribution in [3.8, 4) is 5.75 Å². The lowest BCUT2D eigenvalue weighted by molar-refractivity contribution is -0.138. The number of amides is 1. The first-order chi connectivity index (χ1) is 12.3. The molecule has 1 amide bonds. The van der Waals surface area contributed by atoms with E-state index in [2.05, 4.69) is 10.3 Å². The van der Waals surface area contributed by atoms with Gasteiger partial charge in [-0.25, -0.2) is 0 Å². The fourth-order valence-electron chi connectivity index (χ4n) is 2.39. The lowest BCUT2D eigenvalue weighted by Crippen LogP contribution is -2.51. The summed E-state index contributed by atoms with van der Waals surface area (Å²) in [6, 6.07) is 10.5. The van der Waals surface area contributed by atoms with Gasteiger partial charge in [0, 0.05) is 18.0 Å². The van der Waals surface area contributed by atoms with Crippen LogP contribution < -0.4 is 10.1 Å². The van der Waals surface area contributed by atoms with Crippen LogP contribution in [0.4, 0.5) is 0 Å². The summed E-state index contributed by atoms with van der Waals surface area (Å²) in [5.74, 6) is -0.620. The standard InChI is InChI=1S/C20H24N2O4/c1-14(2)20(3,12-18(23)24)22-19(25)16-4-6-17(7-5-16)26-13-15-8-10-21-11-9-15/h4-11,14H,12-13H2,1-3H3,(H,22,25)(H,23,24). The number of carbonyl (C=O) groups is 2. The highest BCUT2D eigenvalue weighted by atomic mass is 16.5. The number of ether oxygens (including phenoxy) is 1. The molecule has 2 aromatic rings. The zero-order valence-electron chi connectivity index (χ0n) is 15.2. The number of benzene rings is 1. The van der Waals surface area contributed by atoms with E-state index < -0.39 is 11.5 Å². The molecule has 1 aromatic heterocycles. The summed E-state index contributed by atoms with van der Waals surface area (Å²) in [6.45, 7) is 5.94. The van der Waals surface area contributed by atoms with Crippen molar-refractivity contribution >= 4 is 11.9 Å². The molecule has 0 saturated heterocycles. The number of carboxylic acid groups (broad SMARTS) is 1. The van der Waals surface area contributed by atoms with Crippen molar-refractivity contribution in [2.75, 3.05) is 0 Å². The molecule has 6 nitrogen and oxygen atoms in total. The number of hydrogen-bond donors (Lipinski definition) is 2. The quantitative estimate of drug-likeness (QED) is 0.758. The number of pyridine rings is 1. The zero-order chi connectivity index (χ0) is 19.2. The Kier molecular flexibility index (Phi) is 6.33. The molecule has 0 saturated carbocycles. The Balaban J connectivity index is 2.00. The lowest BCUT2D eigenvalue weighted by atomic mass is 9.85. The molecule has 138 valence electrons. The van der Waals surface area contributed by atoms with Crippen LogP contribution in [0, 0.1) is 5.92 Å². The van der Waals surface area contributed by atoms with Crippen molar-refractivity contribution in [2.24, 2.45) is 5.92 Å². The number of carboxylic acids is 1. The third-order valence-electron chi connectivity index (χ3n) is 4.46. The van der Waals surface area contributed by atoms with Crippen molar-refractivity contribution < 1.29 is 19.4 Å². The Hall–Kier alpha value is -2.89. The maximum Gasteiger partial charge on any atom is 0.305 e. The number of aromatic nitrogens is 1. The van der Waals surface area contributed by atoms with Crippen LogP contribution in [0.3, 0.4) is 0 Å². The number of rotatable bonds is 8. The molecule has 0 spiro atoms. The molecular formula is C20H24N2O4. The molecule has 0 bridgehead atoms. The fraction of sp³-hybridized carbons (Fsp3) is 0.350. The second kappa shape index (κ2) is 8.47. The molecule has 0 fully saturated rings. The van der Waals surface area contributed by atoms with Gasteiger partial charge in [0.05, 0.1) is 12.0 Å². The van der Waals surface area contributed by atoms with Crippen LogP contribution in [-0.4, -0.2) is 27.5 Å². The van der Waals surface area contributed by atoms with Gasteiger partial charge in [-0.2, -0.15) is 0 Å². The summed E-state index contributed by atoms with van der Waals surface area (Å²) in [7, 11) is 0. The average Bonchev–Trinajstić information content (AvgIpc) is 2.60. The minimum Gasteiger partial charge on any atom is -0.489 e. The first-order valence-corrected chi connectivity index (χ1v) is 8.46. The third kappa shape index (κ3) is 5.31. The lowest BCUT2D eigenvalue weighted by Gasteiger charge is -2.33. The summed E-state index contributed by atoms with van der Waals surface area (Å²) >= 11 is 0. The van der Waals surface area contributed by atoms with Gasteiger partial charge in [-0.15, -0.1) is 0 Å². The second-order valence-corrected chi connectivity index (χ2v) is 6.77. The zero-order valence-corrected chi connectivity index (χ0v) is 15.2. The van der Waals surface area contributed by atoms with E-state index in [0.29, 0.717) is 17.9 Å². The first kappa shape index (κ1) is 19.4. The maximum atomic E-state index is 12.5. The smallest absolute Gasteiger partial charge is 0.305 e. The number of carbonyl (C=O) groups excluding carboxylic acids is 1. The van der Waals surface area contributed by atoms with Crippen LogP contribution in [0.25, 0.3) is 0 Å². The summed E-state index contributed by atoms with van der Waals surface area (Å²) in [5.41, 5.74) is 0.640. The van der Waals surface area contributed by atoms with Gasteiger partial charge in [0.2, 0.25) is 0 Å². The summed E-state index contributed by atoms with van der Waals surface area (Å²) in [5, 5.41) is 11.9. The van der Waals surface area contributed by atoms with Crippen LogP contribution in [0.1, 0.15) is 43.1 Å². The molecule has 0 aliphatic carbocycles. The minimum absolute atomic E-state index is 0.0227. The fourth-order valence-corrected chi connectivity index (χ4v) is 2.39. The van der Waals surface area contributed by atoms with E-state index in [4.69, 9.17) is 9.84 Å². The molecule has 2 N–H and O–H groups in total. The highest BCUT2D eigenvalue weighted by Crippen LogP contribution is 2.22. The monoisotopic (exact) mass is 356 g/mol. The van der Waals surface area contributed by atoms with Gasteiger partial charge < -0.3 is 15.2 Å². The summed E-state index contributed by atoms with van der Waals surface area (Å²) in [6.07, 6.45) is 3.27.